The van der Waals surface area contributed by atoms with Crippen molar-refractivity contribution in [1.82, 2.24) is 39.4 Å². The number of ether oxygens (including phenoxy) is 1. The zero-order valence-corrected chi connectivity index (χ0v) is 20.5. The number of aryl methyl sites for hydroxylation is 1. The van der Waals surface area contributed by atoms with Gasteiger partial charge in [0.25, 0.3) is 0 Å². The average molecular weight is 475 g/mol. The molecule has 2 aliphatic rings. The first-order valence-corrected chi connectivity index (χ1v) is 12.0. The molecular weight excluding hydrogens is 444 g/mol. The summed E-state index contributed by atoms with van der Waals surface area (Å²) in [6.07, 6.45) is 7.30. The van der Waals surface area contributed by atoms with Crippen LogP contribution in [0, 0.1) is 0 Å². The lowest BCUT2D eigenvalue weighted by Gasteiger charge is -2.20. The van der Waals surface area contributed by atoms with Crippen LogP contribution in [0.1, 0.15) is 25.8 Å². The second kappa shape index (κ2) is 8.49. The predicted molar refractivity (Wildman–Crippen MR) is 134 cm³/mol. The summed E-state index contributed by atoms with van der Waals surface area (Å²) in [5.74, 6) is 3.58. The highest BCUT2D eigenvalue weighted by Gasteiger charge is 2.28. The molecule has 11 nitrogen and oxygen atoms in total. The Labute approximate surface area is 203 Å². The van der Waals surface area contributed by atoms with Gasteiger partial charge in [-0.25, -0.2) is 19.6 Å². The Morgan fingerprint density at radius 2 is 2.03 bits per heavy atom. The van der Waals surface area contributed by atoms with E-state index >= 15 is 0 Å². The molecule has 4 aromatic heterocycles. The van der Waals surface area contributed by atoms with Crippen molar-refractivity contribution in [2.24, 2.45) is 7.05 Å². The molecule has 1 fully saturated rings. The number of rotatable bonds is 2. The van der Waals surface area contributed by atoms with Gasteiger partial charge in [0.2, 0.25) is 5.88 Å². The lowest BCUT2D eigenvalue weighted by Crippen LogP contribution is -2.31. The second-order valence-electron chi connectivity index (χ2n) is 9.57. The molecule has 0 amide bonds. The molecule has 0 spiro atoms. The first kappa shape index (κ1) is 21.8. The zero-order chi connectivity index (χ0) is 24.1. The maximum atomic E-state index is 6.20. The molecule has 1 unspecified atom stereocenters. The monoisotopic (exact) mass is 474 g/mol. The van der Waals surface area contributed by atoms with Gasteiger partial charge in [0, 0.05) is 51.1 Å². The number of pyridine rings is 1. The Morgan fingerprint density at radius 3 is 2.86 bits per heavy atom. The third kappa shape index (κ3) is 3.85. The van der Waals surface area contributed by atoms with Crippen LogP contribution in [0.2, 0.25) is 0 Å². The maximum absolute atomic E-state index is 6.20. The first-order valence-electron chi connectivity index (χ1n) is 12.0. The second-order valence-corrected chi connectivity index (χ2v) is 9.57. The van der Waals surface area contributed by atoms with Crippen molar-refractivity contribution in [1.29, 1.82) is 0 Å². The highest BCUT2D eigenvalue weighted by molar-refractivity contribution is 5.92. The number of anilines is 3. The Kier molecular flexibility index (Phi) is 5.28. The van der Waals surface area contributed by atoms with Crippen LogP contribution in [0.5, 0.6) is 5.88 Å². The number of nitrogens with one attached hydrogen (secondary N) is 1. The SMILES string of the molecule is C[C@H]1CCOc2c(cnn2C)-c2nccc(n2)Nc2cc3c(cn2)c(N2CCC(N(C)C)C2)nn31. The van der Waals surface area contributed by atoms with Crippen molar-refractivity contribution in [3.05, 3.63) is 30.7 Å². The van der Waals surface area contributed by atoms with Gasteiger partial charge in [-0.05, 0) is 33.5 Å². The first-order chi connectivity index (χ1) is 17.0. The van der Waals surface area contributed by atoms with Crippen LogP contribution in [-0.4, -0.2) is 79.2 Å². The van der Waals surface area contributed by atoms with Crippen LogP contribution < -0.4 is 15.0 Å². The maximum Gasteiger partial charge on any atom is 0.222 e. The molecule has 0 saturated carbocycles. The number of hydrogen-bond acceptors (Lipinski definition) is 9. The number of likely N-dealkylation sites (N-methyl/N-ethyl adjacent to an activating group) is 1. The summed E-state index contributed by atoms with van der Waals surface area (Å²) < 4.78 is 10.0. The summed E-state index contributed by atoms with van der Waals surface area (Å²) in [7, 11) is 6.15. The molecule has 4 aromatic rings. The minimum absolute atomic E-state index is 0.127. The van der Waals surface area contributed by atoms with Gasteiger partial charge in [-0.1, -0.05) is 0 Å². The Bertz CT molecular complexity index is 1380. The van der Waals surface area contributed by atoms with Gasteiger partial charge in [-0.15, -0.1) is 0 Å². The van der Waals surface area contributed by atoms with Gasteiger partial charge in [-0.3, -0.25) is 4.68 Å². The molecule has 2 aliphatic heterocycles. The number of nitrogens with zero attached hydrogens (tertiary/aromatic N) is 9. The topological polar surface area (TPSA) is 102 Å². The number of fused-ring (bicyclic) bond motifs is 5. The van der Waals surface area contributed by atoms with E-state index in [0.29, 0.717) is 36.0 Å². The summed E-state index contributed by atoms with van der Waals surface area (Å²) in [5, 5.41) is 13.9. The molecule has 6 rings (SSSR count). The lowest BCUT2D eigenvalue weighted by molar-refractivity contribution is 0.260. The average Bonchev–Trinajstić information content (AvgIpc) is 3.56. The molecule has 0 aromatic carbocycles. The van der Waals surface area contributed by atoms with Crippen molar-refractivity contribution in [2.45, 2.75) is 31.8 Å². The van der Waals surface area contributed by atoms with Gasteiger partial charge in [0.15, 0.2) is 11.6 Å². The summed E-state index contributed by atoms with van der Waals surface area (Å²) in [5.41, 5.74) is 1.81. The summed E-state index contributed by atoms with van der Waals surface area (Å²) in [6, 6.07) is 4.54. The molecule has 0 radical (unpaired) electrons. The van der Waals surface area contributed by atoms with Crippen molar-refractivity contribution in [3.8, 4) is 17.3 Å². The highest BCUT2D eigenvalue weighted by Crippen LogP contribution is 2.34. The van der Waals surface area contributed by atoms with E-state index in [2.05, 4.69) is 57.0 Å². The van der Waals surface area contributed by atoms with E-state index < -0.39 is 0 Å². The van der Waals surface area contributed by atoms with Crippen LogP contribution in [0.3, 0.4) is 0 Å². The van der Waals surface area contributed by atoms with Crippen molar-refractivity contribution in [3.63, 3.8) is 0 Å². The van der Waals surface area contributed by atoms with Crippen LogP contribution >= 0.6 is 0 Å². The van der Waals surface area contributed by atoms with Crippen molar-refractivity contribution >= 4 is 28.4 Å². The van der Waals surface area contributed by atoms with Crippen LogP contribution in [0.4, 0.5) is 17.5 Å². The zero-order valence-electron chi connectivity index (χ0n) is 20.5. The van der Waals surface area contributed by atoms with Gasteiger partial charge < -0.3 is 19.9 Å². The third-order valence-corrected chi connectivity index (χ3v) is 6.99. The van der Waals surface area contributed by atoms with Crippen LogP contribution in [0.15, 0.2) is 30.7 Å². The quantitative estimate of drug-likeness (QED) is 0.470. The Balaban J connectivity index is 1.43. The van der Waals surface area contributed by atoms with Gasteiger partial charge in [0.05, 0.1) is 29.7 Å². The number of aromatic nitrogens is 7. The standard InChI is InChI=1S/C24H30N10O/c1-15-7-10-35-24-18(13-27-32(24)4)22-25-8-5-20(29-22)28-21-11-19-17(12-26-21)23(30-34(15)19)33-9-6-16(14-33)31(2)3/h5,8,11-13,15-16H,6-7,9-10,14H2,1-4H3,(H,25,26,28,29)/t15-,16?/m0/s1. The van der Waals surface area contributed by atoms with E-state index in [1.165, 1.54) is 0 Å². The van der Waals surface area contributed by atoms with Crippen LogP contribution in [-0.2, 0) is 7.05 Å². The molecule has 182 valence electrons. The molecule has 1 N–H and O–H groups in total. The number of hydrogen-bond donors (Lipinski definition) is 1. The molecule has 6 heterocycles. The Hall–Kier alpha value is -3.73. The van der Waals surface area contributed by atoms with E-state index in [0.717, 1.165) is 48.2 Å². The van der Waals surface area contributed by atoms with Crippen LogP contribution in [0.25, 0.3) is 22.3 Å². The fourth-order valence-corrected chi connectivity index (χ4v) is 4.90. The fourth-order valence-electron chi connectivity index (χ4n) is 4.90. The van der Waals surface area contributed by atoms with Gasteiger partial charge in [-0.2, -0.15) is 10.2 Å². The molecule has 4 bridgehead atoms. The molecule has 35 heavy (non-hydrogen) atoms. The van der Waals surface area contributed by atoms with Gasteiger partial charge >= 0.3 is 0 Å². The smallest absolute Gasteiger partial charge is 0.222 e. The predicted octanol–water partition coefficient (Wildman–Crippen LogP) is 2.85. The molecule has 0 aliphatic carbocycles. The molecule has 11 heteroatoms. The Morgan fingerprint density at radius 1 is 1.14 bits per heavy atom. The summed E-state index contributed by atoms with van der Waals surface area (Å²) in [6.45, 7) is 4.65. The lowest BCUT2D eigenvalue weighted by atomic mass is 10.2. The molecular formula is C24H30N10O. The van der Waals surface area contributed by atoms with E-state index in [4.69, 9.17) is 19.8 Å². The van der Waals surface area contributed by atoms with E-state index in [9.17, 15) is 0 Å². The van der Waals surface area contributed by atoms with E-state index in [1.807, 2.05) is 19.3 Å². The largest absolute Gasteiger partial charge is 0.477 e. The minimum atomic E-state index is 0.127. The van der Waals surface area contributed by atoms with Crippen molar-refractivity contribution < 1.29 is 4.74 Å². The molecule has 2 atom stereocenters. The normalized spacial score (nSPS) is 20.1. The minimum Gasteiger partial charge on any atom is -0.477 e. The highest BCUT2D eigenvalue weighted by atomic mass is 16.5. The summed E-state index contributed by atoms with van der Waals surface area (Å²) in [4.78, 5) is 18.5. The van der Waals surface area contributed by atoms with E-state index in [-0.39, 0.29) is 6.04 Å². The third-order valence-electron chi connectivity index (χ3n) is 6.99. The fraction of sp³-hybridized carbons (Fsp3) is 0.458. The van der Waals surface area contributed by atoms with E-state index in [1.54, 1.807) is 17.1 Å². The molecule has 1 saturated heterocycles. The summed E-state index contributed by atoms with van der Waals surface area (Å²) >= 11 is 0. The van der Waals surface area contributed by atoms with Gasteiger partial charge in [0.1, 0.15) is 17.2 Å². The van der Waals surface area contributed by atoms with Crippen molar-refractivity contribution in [2.75, 3.05) is 44.0 Å².